The number of imidazole rings is 1. The smallest absolute Gasteiger partial charge is 0.257 e. The standard InChI is InChI=1S/C21H22ClFN8O/c1-13-24-5-7-30(13)21-25-8-14(9-26-21)19(32)31(16-2-3-16)18-4-6-29(12-17(18)23)20-27-10-15(22)11-28-20/h5,7-11,16-18H,2-4,6,12H2,1H3. The minimum absolute atomic E-state index is 0.0552. The fraction of sp³-hybridized carbons (Fsp3) is 0.429. The Kier molecular flexibility index (Phi) is 5.46. The number of rotatable bonds is 5. The quantitative estimate of drug-likeness (QED) is 0.582. The van der Waals surface area contributed by atoms with Gasteiger partial charge in [-0.2, -0.15) is 0 Å². The van der Waals surface area contributed by atoms with Gasteiger partial charge in [0.15, 0.2) is 0 Å². The van der Waals surface area contributed by atoms with E-state index in [1.807, 2.05) is 6.92 Å². The summed E-state index contributed by atoms with van der Waals surface area (Å²) in [6.07, 6.45) is 10.5. The molecule has 0 bridgehead atoms. The summed E-state index contributed by atoms with van der Waals surface area (Å²) >= 11 is 5.85. The molecule has 166 valence electrons. The van der Waals surface area contributed by atoms with E-state index in [1.54, 1.807) is 26.8 Å². The van der Waals surface area contributed by atoms with Gasteiger partial charge in [-0.1, -0.05) is 11.6 Å². The largest absolute Gasteiger partial charge is 0.338 e. The van der Waals surface area contributed by atoms with Crippen LogP contribution in [0.4, 0.5) is 10.3 Å². The number of aromatic nitrogens is 6. The molecule has 2 fully saturated rings. The minimum Gasteiger partial charge on any atom is -0.338 e. The molecule has 2 aliphatic rings. The molecule has 32 heavy (non-hydrogen) atoms. The Morgan fingerprint density at radius 1 is 1.06 bits per heavy atom. The van der Waals surface area contributed by atoms with E-state index in [0.717, 1.165) is 18.7 Å². The Morgan fingerprint density at radius 3 is 2.34 bits per heavy atom. The third kappa shape index (κ3) is 4.02. The Bertz CT molecular complexity index is 1100. The van der Waals surface area contributed by atoms with Gasteiger partial charge in [0.1, 0.15) is 12.0 Å². The van der Waals surface area contributed by atoms with Crippen molar-refractivity contribution < 1.29 is 9.18 Å². The number of halogens is 2. The number of carbonyl (C=O) groups is 1. The highest BCUT2D eigenvalue weighted by Gasteiger charge is 2.43. The van der Waals surface area contributed by atoms with Crippen LogP contribution in [0.25, 0.3) is 5.95 Å². The van der Waals surface area contributed by atoms with Gasteiger partial charge in [0.2, 0.25) is 11.9 Å². The zero-order chi connectivity index (χ0) is 22.2. The molecular formula is C21H22ClFN8O. The highest BCUT2D eigenvalue weighted by molar-refractivity contribution is 6.30. The maximum Gasteiger partial charge on any atom is 0.257 e. The van der Waals surface area contributed by atoms with E-state index in [1.165, 1.54) is 24.8 Å². The van der Waals surface area contributed by atoms with Crippen molar-refractivity contribution >= 4 is 23.5 Å². The van der Waals surface area contributed by atoms with E-state index in [-0.39, 0.29) is 18.5 Å². The maximum absolute atomic E-state index is 15.3. The third-order valence-electron chi connectivity index (χ3n) is 5.86. The first-order valence-corrected chi connectivity index (χ1v) is 10.9. The predicted molar refractivity (Wildman–Crippen MR) is 116 cm³/mol. The second-order valence-corrected chi connectivity index (χ2v) is 8.52. The summed E-state index contributed by atoms with van der Waals surface area (Å²) in [5.41, 5.74) is 0.356. The van der Waals surface area contributed by atoms with Crippen LogP contribution in [0.15, 0.2) is 37.2 Å². The van der Waals surface area contributed by atoms with E-state index in [0.29, 0.717) is 35.4 Å². The molecule has 3 aromatic rings. The molecule has 3 aromatic heterocycles. The number of piperidine rings is 1. The van der Waals surface area contributed by atoms with Crippen LogP contribution in [-0.4, -0.2) is 71.6 Å². The topological polar surface area (TPSA) is 92.9 Å². The summed E-state index contributed by atoms with van der Waals surface area (Å²) < 4.78 is 17.0. The van der Waals surface area contributed by atoms with Crippen molar-refractivity contribution in [3.05, 3.63) is 53.6 Å². The van der Waals surface area contributed by atoms with E-state index in [4.69, 9.17) is 11.6 Å². The summed E-state index contributed by atoms with van der Waals surface area (Å²) in [6.45, 7) is 2.52. The lowest BCUT2D eigenvalue weighted by Crippen LogP contribution is -2.55. The van der Waals surface area contributed by atoms with E-state index in [9.17, 15) is 4.79 Å². The molecule has 0 radical (unpaired) electrons. The van der Waals surface area contributed by atoms with Gasteiger partial charge in [-0.15, -0.1) is 0 Å². The zero-order valence-corrected chi connectivity index (χ0v) is 18.2. The van der Waals surface area contributed by atoms with Crippen molar-refractivity contribution in [2.75, 3.05) is 18.0 Å². The highest BCUT2D eigenvalue weighted by Crippen LogP contribution is 2.34. The predicted octanol–water partition coefficient (Wildman–Crippen LogP) is 2.64. The number of nitrogens with zero attached hydrogens (tertiary/aromatic N) is 8. The van der Waals surface area contributed by atoms with Gasteiger partial charge in [-0.05, 0) is 26.2 Å². The van der Waals surface area contributed by atoms with Gasteiger partial charge >= 0.3 is 0 Å². The minimum atomic E-state index is -1.22. The molecule has 0 aromatic carbocycles. The summed E-state index contributed by atoms with van der Waals surface area (Å²) in [7, 11) is 0. The molecular weight excluding hydrogens is 435 g/mol. The van der Waals surface area contributed by atoms with Crippen molar-refractivity contribution in [1.29, 1.82) is 0 Å². The number of hydrogen-bond donors (Lipinski definition) is 0. The Hall–Kier alpha value is -3.14. The van der Waals surface area contributed by atoms with Gasteiger partial charge in [0, 0.05) is 37.4 Å². The van der Waals surface area contributed by atoms with Crippen molar-refractivity contribution in [2.45, 2.75) is 44.4 Å². The Balaban J connectivity index is 1.32. The molecule has 4 heterocycles. The molecule has 1 aliphatic carbocycles. The average Bonchev–Trinajstić information content (AvgIpc) is 3.55. The summed E-state index contributed by atoms with van der Waals surface area (Å²) in [4.78, 5) is 38.0. The molecule has 1 saturated heterocycles. The van der Waals surface area contributed by atoms with Gasteiger partial charge in [0.05, 0.1) is 35.6 Å². The Morgan fingerprint density at radius 2 is 1.75 bits per heavy atom. The second kappa shape index (κ2) is 8.42. The SMILES string of the molecule is Cc1nccn1-c1ncc(C(=O)N(C2CC2)C2CCN(c3ncc(Cl)cn3)CC2F)cn1. The molecule has 11 heteroatoms. The first-order valence-electron chi connectivity index (χ1n) is 10.5. The van der Waals surface area contributed by atoms with E-state index >= 15 is 4.39 Å². The van der Waals surface area contributed by atoms with Gasteiger partial charge in [0.25, 0.3) is 5.91 Å². The van der Waals surface area contributed by atoms with Crippen LogP contribution in [0.5, 0.6) is 0 Å². The fourth-order valence-corrected chi connectivity index (χ4v) is 4.19. The summed E-state index contributed by atoms with van der Waals surface area (Å²) in [6, 6.07) is -0.450. The van der Waals surface area contributed by atoms with Crippen LogP contribution >= 0.6 is 11.6 Å². The number of anilines is 1. The number of hydrogen-bond acceptors (Lipinski definition) is 7. The molecule has 9 nitrogen and oxygen atoms in total. The van der Waals surface area contributed by atoms with Crippen LogP contribution in [-0.2, 0) is 0 Å². The highest BCUT2D eigenvalue weighted by atomic mass is 35.5. The molecule has 0 spiro atoms. The number of aryl methyl sites for hydroxylation is 1. The second-order valence-electron chi connectivity index (χ2n) is 8.08. The number of amides is 1. The molecule has 1 aliphatic heterocycles. The zero-order valence-electron chi connectivity index (χ0n) is 17.5. The van der Waals surface area contributed by atoms with E-state index in [2.05, 4.69) is 24.9 Å². The lowest BCUT2D eigenvalue weighted by Gasteiger charge is -2.40. The number of alkyl halides is 1. The first kappa shape index (κ1) is 20.7. The molecule has 5 rings (SSSR count). The van der Waals surface area contributed by atoms with Gasteiger partial charge < -0.3 is 9.80 Å². The van der Waals surface area contributed by atoms with Crippen molar-refractivity contribution in [2.24, 2.45) is 0 Å². The van der Waals surface area contributed by atoms with Crippen molar-refractivity contribution in [1.82, 2.24) is 34.4 Å². The normalized spacial score (nSPS) is 20.9. The lowest BCUT2D eigenvalue weighted by molar-refractivity contribution is 0.0485. The van der Waals surface area contributed by atoms with Crippen LogP contribution < -0.4 is 4.90 Å². The molecule has 1 saturated carbocycles. The maximum atomic E-state index is 15.3. The monoisotopic (exact) mass is 456 g/mol. The van der Waals surface area contributed by atoms with Crippen LogP contribution in [0.1, 0.15) is 35.4 Å². The number of carbonyl (C=O) groups excluding carboxylic acids is 1. The molecule has 0 N–H and O–H groups in total. The lowest BCUT2D eigenvalue weighted by atomic mass is 10.00. The molecule has 1 amide bonds. The van der Waals surface area contributed by atoms with Crippen molar-refractivity contribution in [3.8, 4) is 5.95 Å². The van der Waals surface area contributed by atoms with E-state index < -0.39 is 12.2 Å². The third-order valence-corrected chi connectivity index (χ3v) is 6.05. The fourth-order valence-electron chi connectivity index (χ4n) is 4.09. The summed E-state index contributed by atoms with van der Waals surface area (Å²) in [5, 5.41) is 0.433. The Labute approximate surface area is 189 Å². The van der Waals surface area contributed by atoms with Gasteiger partial charge in [-0.3, -0.25) is 9.36 Å². The van der Waals surface area contributed by atoms with Gasteiger partial charge in [-0.25, -0.2) is 29.3 Å². The average molecular weight is 457 g/mol. The first-order chi connectivity index (χ1) is 15.5. The molecule has 2 atom stereocenters. The van der Waals surface area contributed by atoms with Crippen molar-refractivity contribution in [3.63, 3.8) is 0 Å². The van der Waals surface area contributed by atoms with Crippen LogP contribution in [0.2, 0.25) is 5.02 Å². The molecule has 2 unspecified atom stereocenters. The summed E-state index contributed by atoms with van der Waals surface area (Å²) in [5.74, 6) is 1.40. The van der Waals surface area contributed by atoms with Crippen LogP contribution in [0, 0.1) is 6.92 Å². The van der Waals surface area contributed by atoms with Crippen LogP contribution in [0.3, 0.4) is 0 Å².